The predicted octanol–water partition coefficient (Wildman–Crippen LogP) is -1.23. The van der Waals surface area contributed by atoms with Crippen molar-refractivity contribution in [2.45, 2.75) is 25.9 Å². The Balaban J connectivity index is 0.00000169. The second kappa shape index (κ2) is 8.10. The van der Waals surface area contributed by atoms with Crippen LogP contribution in [0.25, 0.3) is 0 Å². The monoisotopic (exact) mass is 233 g/mol. The molecule has 1 aromatic carbocycles. The predicted molar refractivity (Wildman–Crippen MR) is 56.9 cm³/mol. The summed E-state index contributed by atoms with van der Waals surface area (Å²) in [6, 6.07) is 11.1. The zero-order chi connectivity index (χ0) is 9.52. The lowest BCUT2D eigenvalue weighted by atomic mass is 10.2. The van der Waals surface area contributed by atoms with Gasteiger partial charge in [-0.15, -0.1) is 11.6 Å². The molecule has 3 heteroatoms. The van der Waals surface area contributed by atoms with Crippen molar-refractivity contribution < 1.29 is 17.7 Å². The molecule has 0 spiro atoms. The zero-order valence-electron chi connectivity index (χ0n) is 8.42. The SMILES string of the molecule is C[C@@H](CCCl)[NH2+]Cc1ccccc1.[Cl-]. The van der Waals surface area contributed by atoms with Crippen molar-refractivity contribution in [2.24, 2.45) is 0 Å². The van der Waals surface area contributed by atoms with Gasteiger partial charge in [-0.05, 0) is 6.92 Å². The molecule has 80 valence electrons. The molecular formula is C11H17Cl2N. The summed E-state index contributed by atoms with van der Waals surface area (Å²) in [4.78, 5) is 0. The standard InChI is InChI=1S/C11H16ClN.ClH/c1-10(7-8-12)13-9-11-5-3-2-4-6-11;/h2-6,10,13H,7-9H2,1H3;1H/t10-;/m0./s1. The Morgan fingerprint density at radius 1 is 1.29 bits per heavy atom. The number of halogens is 2. The quantitative estimate of drug-likeness (QED) is 0.614. The largest absolute Gasteiger partial charge is 1.00 e. The highest BCUT2D eigenvalue weighted by Gasteiger charge is 2.03. The average molecular weight is 234 g/mol. The number of alkyl halides is 1. The number of hydrogen-bond donors (Lipinski definition) is 1. The second-order valence-electron chi connectivity index (χ2n) is 3.38. The fourth-order valence-electron chi connectivity index (χ4n) is 1.24. The Hall–Kier alpha value is -0.240. The van der Waals surface area contributed by atoms with Crippen LogP contribution in [-0.2, 0) is 6.54 Å². The van der Waals surface area contributed by atoms with E-state index < -0.39 is 0 Å². The number of benzene rings is 1. The Kier molecular flexibility index (Phi) is 7.96. The van der Waals surface area contributed by atoms with Crippen molar-refractivity contribution in [3.63, 3.8) is 0 Å². The highest BCUT2D eigenvalue weighted by Crippen LogP contribution is 1.95. The third kappa shape index (κ3) is 5.48. The van der Waals surface area contributed by atoms with Crippen LogP contribution in [0.4, 0.5) is 0 Å². The summed E-state index contributed by atoms with van der Waals surface area (Å²) in [6.45, 7) is 3.27. The van der Waals surface area contributed by atoms with E-state index in [9.17, 15) is 0 Å². The smallest absolute Gasteiger partial charge is 0.101 e. The van der Waals surface area contributed by atoms with Gasteiger partial charge in [-0.3, -0.25) is 0 Å². The lowest BCUT2D eigenvalue weighted by Gasteiger charge is -2.08. The third-order valence-corrected chi connectivity index (χ3v) is 2.38. The molecule has 0 aliphatic heterocycles. The van der Waals surface area contributed by atoms with Gasteiger partial charge in [-0.1, -0.05) is 30.3 Å². The molecule has 0 heterocycles. The summed E-state index contributed by atoms with van der Waals surface area (Å²) in [6.07, 6.45) is 1.08. The van der Waals surface area contributed by atoms with Crippen LogP contribution in [-0.4, -0.2) is 11.9 Å². The van der Waals surface area contributed by atoms with Gasteiger partial charge in [-0.25, -0.2) is 0 Å². The molecule has 1 atom stereocenters. The normalized spacial score (nSPS) is 11.9. The molecule has 2 N–H and O–H groups in total. The number of rotatable bonds is 5. The molecule has 0 aliphatic rings. The first-order chi connectivity index (χ1) is 6.33. The minimum Gasteiger partial charge on any atom is -1.00 e. The summed E-state index contributed by atoms with van der Waals surface area (Å²) >= 11 is 5.66. The summed E-state index contributed by atoms with van der Waals surface area (Å²) in [7, 11) is 0. The second-order valence-corrected chi connectivity index (χ2v) is 3.76. The van der Waals surface area contributed by atoms with Gasteiger partial charge in [0.1, 0.15) is 6.54 Å². The molecular weight excluding hydrogens is 217 g/mol. The van der Waals surface area contributed by atoms with Gasteiger partial charge in [-0.2, -0.15) is 0 Å². The fourth-order valence-corrected chi connectivity index (χ4v) is 1.59. The van der Waals surface area contributed by atoms with E-state index in [0.29, 0.717) is 6.04 Å². The maximum absolute atomic E-state index is 5.66. The highest BCUT2D eigenvalue weighted by molar-refractivity contribution is 6.17. The third-order valence-electron chi connectivity index (χ3n) is 2.16. The molecule has 0 aliphatic carbocycles. The van der Waals surface area contributed by atoms with Crippen LogP contribution in [0.2, 0.25) is 0 Å². The van der Waals surface area contributed by atoms with Crippen molar-refractivity contribution >= 4 is 11.6 Å². The lowest BCUT2D eigenvalue weighted by Crippen LogP contribution is -3.00. The molecule has 0 radical (unpaired) electrons. The molecule has 1 rings (SSSR count). The van der Waals surface area contributed by atoms with Crippen LogP contribution in [0.15, 0.2) is 30.3 Å². The van der Waals surface area contributed by atoms with Crippen molar-refractivity contribution in [2.75, 3.05) is 5.88 Å². The Bertz CT molecular complexity index is 226. The maximum Gasteiger partial charge on any atom is 0.101 e. The Morgan fingerprint density at radius 2 is 1.93 bits per heavy atom. The molecule has 0 amide bonds. The van der Waals surface area contributed by atoms with Gasteiger partial charge >= 0.3 is 0 Å². The zero-order valence-corrected chi connectivity index (χ0v) is 9.93. The van der Waals surface area contributed by atoms with Crippen LogP contribution in [0.3, 0.4) is 0 Å². The summed E-state index contributed by atoms with van der Waals surface area (Å²) in [5.74, 6) is 0.756. The molecule has 0 saturated carbocycles. The van der Waals surface area contributed by atoms with E-state index in [2.05, 4.69) is 36.5 Å². The van der Waals surface area contributed by atoms with Crippen molar-refractivity contribution in [3.8, 4) is 0 Å². The Morgan fingerprint density at radius 3 is 2.50 bits per heavy atom. The van der Waals surface area contributed by atoms with Gasteiger partial charge in [0.25, 0.3) is 0 Å². The molecule has 0 fully saturated rings. The summed E-state index contributed by atoms with van der Waals surface area (Å²) < 4.78 is 0. The van der Waals surface area contributed by atoms with Crippen molar-refractivity contribution in [1.29, 1.82) is 0 Å². The van der Waals surface area contributed by atoms with E-state index >= 15 is 0 Å². The van der Waals surface area contributed by atoms with E-state index in [4.69, 9.17) is 11.6 Å². The van der Waals surface area contributed by atoms with Crippen LogP contribution >= 0.6 is 11.6 Å². The van der Waals surface area contributed by atoms with E-state index in [1.165, 1.54) is 5.56 Å². The summed E-state index contributed by atoms with van der Waals surface area (Å²) in [5.41, 5.74) is 1.38. The van der Waals surface area contributed by atoms with Gasteiger partial charge in [0.15, 0.2) is 0 Å². The van der Waals surface area contributed by atoms with E-state index in [0.717, 1.165) is 18.8 Å². The number of hydrogen-bond acceptors (Lipinski definition) is 0. The number of nitrogens with two attached hydrogens (primary N) is 1. The van der Waals surface area contributed by atoms with E-state index in [1.807, 2.05) is 6.07 Å². The minimum atomic E-state index is 0. The van der Waals surface area contributed by atoms with Crippen LogP contribution in [0.1, 0.15) is 18.9 Å². The van der Waals surface area contributed by atoms with Crippen LogP contribution < -0.4 is 17.7 Å². The van der Waals surface area contributed by atoms with Crippen molar-refractivity contribution in [1.82, 2.24) is 0 Å². The molecule has 0 aromatic heterocycles. The maximum atomic E-state index is 5.66. The van der Waals surface area contributed by atoms with Gasteiger partial charge < -0.3 is 17.7 Å². The molecule has 0 bridgehead atoms. The topological polar surface area (TPSA) is 16.6 Å². The first-order valence-electron chi connectivity index (χ1n) is 4.76. The highest BCUT2D eigenvalue weighted by atomic mass is 35.5. The van der Waals surface area contributed by atoms with Crippen LogP contribution in [0.5, 0.6) is 0 Å². The van der Waals surface area contributed by atoms with E-state index in [-0.39, 0.29) is 12.4 Å². The molecule has 0 unspecified atom stereocenters. The fraction of sp³-hybridized carbons (Fsp3) is 0.455. The summed E-state index contributed by atoms with van der Waals surface area (Å²) in [5, 5.41) is 2.33. The molecule has 1 aromatic rings. The average Bonchev–Trinajstić information content (AvgIpc) is 2.17. The first-order valence-corrected chi connectivity index (χ1v) is 5.29. The first kappa shape index (κ1) is 13.8. The molecule has 14 heavy (non-hydrogen) atoms. The van der Waals surface area contributed by atoms with Gasteiger partial charge in [0, 0.05) is 17.9 Å². The number of quaternary nitrogens is 1. The van der Waals surface area contributed by atoms with Gasteiger partial charge in [0.05, 0.1) is 6.04 Å². The van der Waals surface area contributed by atoms with Crippen molar-refractivity contribution in [3.05, 3.63) is 35.9 Å². The Labute approximate surface area is 97.3 Å². The molecule has 0 saturated heterocycles. The molecule has 1 nitrogen and oxygen atoms in total. The van der Waals surface area contributed by atoms with E-state index in [1.54, 1.807) is 0 Å². The lowest BCUT2D eigenvalue weighted by molar-refractivity contribution is -0.701. The van der Waals surface area contributed by atoms with Gasteiger partial charge in [0.2, 0.25) is 0 Å². The van der Waals surface area contributed by atoms with Crippen LogP contribution in [0, 0.1) is 0 Å². The minimum absolute atomic E-state index is 0.